The number of nitrogens with one attached hydrogen (secondary N) is 1. The molecule has 2 amide bonds. The van der Waals surface area contributed by atoms with Gasteiger partial charge in [0.1, 0.15) is 11.6 Å². The third-order valence-corrected chi connectivity index (χ3v) is 3.46. The van der Waals surface area contributed by atoms with Gasteiger partial charge in [0.15, 0.2) is 0 Å². The third-order valence-electron chi connectivity index (χ3n) is 3.46. The summed E-state index contributed by atoms with van der Waals surface area (Å²) in [4.78, 5) is 37.6. The number of hydrogen-bond acceptors (Lipinski definition) is 5. The van der Waals surface area contributed by atoms with Gasteiger partial charge in [0.05, 0.1) is 12.5 Å². The van der Waals surface area contributed by atoms with Crippen molar-refractivity contribution in [2.24, 2.45) is 5.92 Å². The minimum Gasteiger partial charge on any atom is -0.466 e. The number of alkyl carbamates (subject to hydrolysis) is 1. The highest BCUT2D eigenvalue weighted by Gasteiger charge is 2.32. The molecule has 132 valence electrons. The SMILES string of the molecule is CCOC(=O)C1CCCN(C(=O)C(C)NC(=O)OC(C)(C)C)C1. The van der Waals surface area contributed by atoms with Gasteiger partial charge in [-0.05, 0) is 47.5 Å². The van der Waals surface area contributed by atoms with Crippen LogP contribution in [0, 0.1) is 5.92 Å². The van der Waals surface area contributed by atoms with E-state index in [1.807, 2.05) is 0 Å². The third kappa shape index (κ3) is 6.46. The summed E-state index contributed by atoms with van der Waals surface area (Å²) in [6, 6.07) is -0.703. The molecule has 0 aromatic heterocycles. The molecule has 1 saturated heterocycles. The van der Waals surface area contributed by atoms with Gasteiger partial charge in [-0.1, -0.05) is 0 Å². The Morgan fingerprint density at radius 2 is 1.96 bits per heavy atom. The summed E-state index contributed by atoms with van der Waals surface area (Å²) in [5.74, 6) is -0.774. The molecule has 1 aliphatic rings. The normalized spacial score (nSPS) is 19.7. The van der Waals surface area contributed by atoms with Gasteiger partial charge in [0.25, 0.3) is 0 Å². The molecule has 0 aromatic rings. The van der Waals surface area contributed by atoms with Gasteiger partial charge < -0.3 is 19.7 Å². The Morgan fingerprint density at radius 3 is 2.52 bits per heavy atom. The molecule has 0 aliphatic carbocycles. The molecule has 0 bridgehead atoms. The van der Waals surface area contributed by atoms with Crippen LogP contribution in [0.5, 0.6) is 0 Å². The van der Waals surface area contributed by atoms with Crippen molar-refractivity contribution in [1.29, 1.82) is 0 Å². The van der Waals surface area contributed by atoms with Crippen molar-refractivity contribution in [2.75, 3.05) is 19.7 Å². The highest BCUT2D eigenvalue weighted by molar-refractivity contribution is 5.86. The monoisotopic (exact) mass is 328 g/mol. The lowest BCUT2D eigenvalue weighted by Crippen LogP contribution is -2.51. The summed E-state index contributed by atoms with van der Waals surface area (Å²) >= 11 is 0. The predicted molar refractivity (Wildman–Crippen MR) is 84.8 cm³/mol. The van der Waals surface area contributed by atoms with E-state index >= 15 is 0 Å². The number of amides is 2. The second kappa shape index (κ2) is 8.17. The van der Waals surface area contributed by atoms with Crippen LogP contribution in [-0.2, 0) is 19.1 Å². The van der Waals surface area contributed by atoms with Crippen LogP contribution in [0.2, 0.25) is 0 Å². The van der Waals surface area contributed by atoms with E-state index < -0.39 is 17.7 Å². The molecule has 0 saturated carbocycles. The van der Waals surface area contributed by atoms with E-state index in [9.17, 15) is 14.4 Å². The van der Waals surface area contributed by atoms with Crippen LogP contribution in [0.4, 0.5) is 4.79 Å². The second-order valence-corrected chi connectivity index (χ2v) is 6.74. The first kappa shape index (κ1) is 19.3. The molecule has 0 radical (unpaired) electrons. The number of carbonyl (C=O) groups excluding carboxylic acids is 3. The van der Waals surface area contributed by atoms with Crippen molar-refractivity contribution in [1.82, 2.24) is 10.2 Å². The highest BCUT2D eigenvalue weighted by atomic mass is 16.6. The zero-order valence-electron chi connectivity index (χ0n) is 14.7. The highest BCUT2D eigenvalue weighted by Crippen LogP contribution is 2.18. The van der Waals surface area contributed by atoms with Gasteiger partial charge in [-0.2, -0.15) is 0 Å². The first-order valence-corrected chi connectivity index (χ1v) is 8.09. The summed E-state index contributed by atoms with van der Waals surface area (Å²) in [6.07, 6.45) is 0.836. The summed E-state index contributed by atoms with van der Waals surface area (Å²) in [5.41, 5.74) is -0.618. The zero-order chi connectivity index (χ0) is 17.6. The Labute approximate surface area is 137 Å². The minimum atomic E-state index is -0.703. The Bertz CT molecular complexity index is 444. The van der Waals surface area contributed by atoms with Crippen LogP contribution in [0.3, 0.4) is 0 Å². The summed E-state index contributed by atoms with van der Waals surface area (Å²) < 4.78 is 10.2. The number of likely N-dealkylation sites (tertiary alicyclic amines) is 1. The van der Waals surface area contributed by atoms with Crippen LogP contribution < -0.4 is 5.32 Å². The maximum absolute atomic E-state index is 12.4. The van der Waals surface area contributed by atoms with Gasteiger partial charge in [-0.15, -0.1) is 0 Å². The Hall–Kier alpha value is -1.79. The number of hydrogen-bond donors (Lipinski definition) is 1. The number of carbonyl (C=O) groups is 3. The van der Waals surface area contributed by atoms with Crippen LogP contribution in [0.25, 0.3) is 0 Å². The van der Waals surface area contributed by atoms with E-state index in [0.717, 1.165) is 12.8 Å². The van der Waals surface area contributed by atoms with Gasteiger partial charge in [0.2, 0.25) is 5.91 Å². The molecule has 23 heavy (non-hydrogen) atoms. The molecule has 1 fully saturated rings. The van der Waals surface area contributed by atoms with E-state index in [2.05, 4.69) is 5.32 Å². The quantitative estimate of drug-likeness (QED) is 0.794. The van der Waals surface area contributed by atoms with Crippen molar-refractivity contribution in [3.05, 3.63) is 0 Å². The van der Waals surface area contributed by atoms with E-state index in [1.54, 1.807) is 39.5 Å². The smallest absolute Gasteiger partial charge is 0.408 e. The first-order chi connectivity index (χ1) is 10.6. The van der Waals surface area contributed by atoms with Crippen LogP contribution >= 0.6 is 0 Å². The van der Waals surface area contributed by atoms with Crippen LogP contribution in [-0.4, -0.2) is 54.2 Å². The summed E-state index contributed by atoms with van der Waals surface area (Å²) in [6.45, 7) is 9.89. The topological polar surface area (TPSA) is 84.9 Å². The lowest BCUT2D eigenvalue weighted by Gasteiger charge is -2.33. The molecule has 7 nitrogen and oxygen atoms in total. The van der Waals surface area contributed by atoms with E-state index in [1.165, 1.54) is 0 Å². The van der Waals surface area contributed by atoms with Crippen molar-refractivity contribution in [2.45, 2.75) is 59.1 Å². The fourth-order valence-electron chi connectivity index (χ4n) is 2.45. The molecule has 1 heterocycles. The van der Waals surface area contributed by atoms with Crippen molar-refractivity contribution >= 4 is 18.0 Å². The maximum Gasteiger partial charge on any atom is 0.408 e. The minimum absolute atomic E-state index is 0.218. The number of rotatable bonds is 4. The fraction of sp³-hybridized carbons (Fsp3) is 0.812. The van der Waals surface area contributed by atoms with E-state index in [4.69, 9.17) is 9.47 Å². The van der Waals surface area contributed by atoms with Crippen molar-refractivity contribution in [3.63, 3.8) is 0 Å². The molecule has 1 aliphatic heterocycles. The standard InChI is InChI=1S/C16H28N2O5/c1-6-22-14(20)12-8-7-9-18(10-12)13(19)11(2)17-15(21)23-16(3,4)5/h11-12H,6-10H2,1-5H3,(H,17,21). The maximum atomic E-state index is 12.4. The predicted octanol–water partition coefficient (Wildman–Crippen LogP) is 1.70. The van der Waals surface area contributed by atoms with Crippen LogP contribution in [0.1, 0.15) is 47.5 Å². The number of ether oxygens (including phenoxy) is 2. The summed E-state index contributed by atoms with van der Waals surface area (Å²) in [5, 5.41) is 2.53. The zero-order valence-corrected chi connectivity index (χ0v) is 14.7. The molecule has 1 N–H and O–H groups in total. The van der Waals surface area contributed by atoms with Gasteiger partial charge >= 0.3 is 12.1 Å². The van der Waals surface area contributed by atoms with Crippen LogP contribution in [0.15, 0.2) is 0 Å². The lowest BCUT2D eigenvalue weighted by atomic mass is 9.97. The van der Waals surface area contributed by atoms with Gasteiger partial charge in [-0.25, -0.2) is 4.79 Å². The Kier molecular flexibility index (Phi) is 6.84. The van der Waals surface area contributed by atoms with Gasteiger partial charge in [0, 0.05) is 13.1 Å². The molecular formula is C16H28N2O5. The fourth-order valence-corrected chi connectivity index (χ4v) is 2.45. The average Bonchev–Trinajstić information content (AvgIpc) is 2.44. The van der Waals surface area contributed by atoms with Crippen molar-refractivity contribution in [3.8, 4) is 0 Å². The first-order valence-electron chi connectivity index (χ1n) is 8.09. The Morgan fingerprint density at radius 1 is 1.30 bits per heavy atom. The molecule has 7 heteroatoms. The molecule has 2 atom stereocenters. The lowest BCUT2D eigenvalue weighted by molar-refractivity contribution is -0.151. The number of piperidine rings is 1. The molecular weight excluding hydrogens is 300 g/mol. The molecule has 2 unspecified atom stereocenters. The second-order valence-electron chi connectivity index (χ2n) is 6.74. The summed E-state index contributed by atoms with van der Waals surface area (Å²) in [7, 11) is 0. The van der Waals surface area contributed by atoms with Crippen molar-refractivity contribution < 1.29 is 23.9 Å². The Balaban J connectivity index is 2.55. The number of esters is 1. The molecule has 1 rings (SSSR count). The number of nitrogens with zero attached hydrogens (tertiary/aromatic N) is 1. The average molecular weight is 328 g/mol. The van der Waals surface area contributed by atoms with Gasteiger partial charge in [-0.3, -0.25) is 9.59 Å². The molecule has 0 spiro atoms. The molecule has 0 aromatic carbocycles. The largest absolute Gasteiger partial charge is 0.466 e. The van der Waals surface area contributed by atoms with E-state index in [-0.39, 0.29) is 17.8 Å². The van der Waals surface area contributed by atoms with E-state index in [0.29, 0.717) is 19.7 Å².